The molecule has 0 fully saturated rings. The molecule has 3 heteroatoms. The minimum atomic E-state index is -0.185. The van der Waals surface area contributed by atoms with E-state index in [1.165, 1.54) is 19.4 Å². The number of nitrogens with one attached hydrogen (secondary N) is 1. The number of nitrogens with zero attached hydrogens (tertiary/aromatic N) is 1. The molecular formula is C13H30N2O. The summed E-state index contributed by atoms with van der Waals surface area (Å²) in [5.74, 6) is 0. The molecule has 0 radical (unpaired) electrons. The minimum absolute atomic E-state index is 0.185. The monoisotopic (exact) mass is 230 g/mol. The Bertz CT molecular complexity index is 147. The summed E-state index contributed by atoms with van der Waals surface area (Å²) >= 11 is 0. The van der Waals surface area contributed by atoms with Crippen molar-refractivity contribution in [1.82, 2.24) is 10.2 Å². The Balaban J connectivity index is 3.39. The Morgan fingerprint density at radius 3 is 2.25 bits per heavy atom. The molecule has 2 N–H and O–H groups in total. The van der Waals surface area contributed by atoms with E-state index >= 15 is 0 Å². The van der Waals surface area contributed by atoms with E-state index in [-0.39, 0.29) is 6.10 Å². The van der Waals surface area contributed by atoms with Crippen LogP contribution in [0.2, 0.25) is 0 Å². The summed E-state index contributed by atoms with van der Waals surface area (Å²) in [6.07, 6.45) is 3.14. The third-order valence-electron chi connectivity index (χ3n) is 3.06. The Labute approximate surface area is 101 Å². The molecule has 0 bridgehead atoms. The van der Waals surface area contributed by atoms with Crippen molar-refractivity contribution < 1.29 is 5.11 Å². The molecule has 0 saturated carbocycles. The summed E-state index contributed by atoms with van der Waals surface area (Å²) in [4.78, 5) is 2.46. The highest BCUT2D eigenvalue weighted by Gasteiger charge is 2.04. The number of hydrogen-bond acceptors (Lipinski definition) is 3. The van der Waals surface area contributed by atoms with E-state index in [4.69, 9.17) is 5.11 Å². The van der Waals surface area contributed by atoms with Gasteiger partial charge in [-0.1, -0.05) is 13.8 Å². The van der Waals surface area contributed by atoms with Crippen LogP contribution < -0.4 is 5.32 Å². The van der Waals surface area contributed by atoms with E-state index in [0.717, 1.165) is 26.1 Å². The van der Waals surface area contributed by atoms with Crippen molar-refractivity contribution in [1.29, 1.82) is 0 Å². The molecule has 0 aromatic heterocycles. The van der Waals surface area contributed by atoms with Crippen molar-refractivity contribution >= 4 is 0 Å². The van der Waals surface area contributed by atoms with Crippen molar-refractivity contribution in [2.45, 2.75) is 59.1 Å². The van der Waals surface area contributed by atoms with Gasteiger partial charge >= 0.3 is 0 Å². The van der Waals surface area contributed by atoms with Gasteiger partial charge in [-0.05, 0) is 59.3 Å². The molecule has 16 heavy (non-hydrogen) atoms. The summed E-state index contributed by atoms with van der Waals surface area (Å²) in [6, 6.07) is 0.564. The maximum atomic E-state index is 9.13. The van der Waals surface area contributed by atoms with Gasteiger partial charge in [0.05, 0.1) is 6.10 Å². The standard InChI is InChI=1S/C13H30N2O/c1-5-15(6-2)11-7-8-12(3)14-10-9-13(4)16/h12-14,16H,5-11H2,1-4H3. The first-order valence-corrected chi connectivity index (χ1v) is 6.73. The average Bonchev–Trinajstić information content (AvgIpc) is 2.24. The van der Waals surface area contributed by atoms with Gasteiger partial charge in [0.2, 0.25) is 0 Å². The molecule has 0 aliphatic rings. The van der Waals surface area contributed by atoms with E-state index in [9.17, 15) is 0 Å². The third kappa shape index (κ3) is 9.13. The van der Waals surface area contributed by atoms with Crippen LogP contribution in [-0.4, -0.2) is 48.3 Å². The molecule has 0 aromatic rings. The van der Waals surface area contributed by atoms with E-state index in [1.807, 2.05) is 6.92 Å². The number of aliphatic hydroxyl groups excluding tert-OH is 1. The van der Waals surface area contributed by atoms with Crippen LogP contribution in [0.15, 0.2) is 0 Å². The lowest BCUT2D eigenvalue weighted by Gasteiger charge is -2.20. The second-order valence-corrected chi connectivity index (χ2v) is 4.66. The second kappa shape index (κ2) is 10.1. The highest BCUT2D eigenvalue weighted by Crippen LogP contribution is 2.00. The number of rotatable bonds is 10. The summed E-state index contributed by atoms with van der Waals surface area (Å²) in [5, 5.41) is 12.6. The summed E-state index contributed by atoms with van der Waals surface area (Å²) < 4.78 is 0. The van der Waals surface area contributed by atoms with Crippen LogP contribution in [0, 0.1) is 0 Å². The Morgan fingerprint density at radius 2 is 1.75 bits per heavy atom. The molecule has 0 aliphatic carbocycles. The molecule has 0 spiro atoms. The predicted molar refractivity (Wildman–Crippen MR) is 70.8 cm³/mol. The van der Waals surface area contributed by atoms with Crippen molar-refractivity contribution in [3.8, 4) is 0 Å². The first-order chi connectivity index (χ1) is 7.60. The molecule has 0 aliphatic heterocycles. The van der Waals surface area contributed by atoms with Crippen molar-refractivity contribution in [3.63, 3.8) is 0 Å². The van der Waals surface area contributed by atoms with Gasteiger partial charge in [-0.15, -0.1) is 0 Å². The van der Waals surface area contributed by atoms with E-state index in [2.05, 4.69) is 31.0 Å². The molecule has 0 aromatic carbocycles. The van der Waals surface area contributed by atoms with Gasteiger partial charge < -0.3 is 15.3 Å². The topological polar surface area (TPSA) is 35.5 Å². The molecule has 2 atom stereocenters. The van der Waals surface area contributed by atoms with Crippen molar-refractivity contribution in [2.75, 3.05) is 26.2 Å². The van der Waals surface area contributed by atoms with Gasteiger partial charge in [0.15, 0.2) is 0 Å². The largest absolute Gasteiger partial charge is 0.393 e. The summed E-state index contributed by atoms with van der Waals surface area (Å²) in [5.41, 5.74) is 0. The number of aliphatic hydroxyl groups is 1. The zero-order valence-corrected chi connectivity index (χ0v) is 11.5. The van der Waals surface area contributed by atoms with Crippen LogP contribution in [-0.2, 0) is 0 Å². The normalized spacial score (nSPS) is 15.4. The molecule has 0 rings (SSSR count). The van der Waals surface area contributed by atoms with Gasteiger partial charge in [0.25, 0.3) is 0 Å². The van der Waals surface area contributed by atoms with E-state index < -0.39 is 0 Å². The smallest absolute Gasteiger partial charge is 0.0524 e. The number of hydrogen-bond donors (Lipinski definition) is 2. The first kappa shape index (κ1) is 15.9. The highest BCUT2D eigenvalue weighted by atomic mass is 16.3. The fourth-order valence-electron chi connectivity index (χ4n) is 1.80. The zero-order valence-electron chi connectivity index (χ0n) is 11.5. The molecule has 0 heterocycles. The fourth-order valence-corrected chi connectivity index (χ4v) is 1.80. The van der Waals surface area contributed by atoms with Crippen LogP contribution in [0.5, 0.6) is 0 Å². The van der Waals surface area contributed by atoms with Crippen LogP contribution in [0.25, 0.3) is 0 Å². The maximum Gasteiger partial charge on any atom is 0.0524 e. The van der Waals surface area contributed by atoms with Crippen LogP contribution in [0.4, 0.5) is 0 Å². The van der Waals surface area contributed by atoms with Gasteiger partial charge in [-0.25, -0.2) is 0 Å². The molecule has 3 nitrogen and oxygen atoms in total. The lowest BCUT2D eigenvalue weighted by atomic mass is 10.1. The Morgan fingerprint density at radius 1 is 1.12 bits per heavy atom. The molecule has 98 valence electrons. The second-order valence-electron chi connectivity index (χ2n) is 4.66. The predicted octanol–water partition coefficient (Wildman–Crippen LogP) is 1.86. The molecule has 0 saturated heterocycles. The average molecular weight is 230 g/mol. The lowest BCUT2D eigenvalue weighted by Crippen LogP contribution is -2.30. The van der Waals surface area contributed by atoms with E-state index in [1.54, 1.807) is 0 Å². The summed E-state index contributed by atoms with van der Waals surface area (Å²) in [7, 11) is 0. The lowest BCUT2D eigenvalue weighted by molar-refractivity contribution is 0.182. The maximum absolute atomic E-state index is 9.13. The van der Waals surface area contributed by atoms with Gasteiger partial charge in [0.1, 0.15) is 0 Å². The molecule has 0 amide bonds. The van der Waals surface area contributed by atoms with Crippen LogP contribution in [0.1, 0.15) is 47.0 Å². The quantitative estimate of drug-likeness (QED) is 0.601. The fraction of sp³-hybridized carbons (Fsp3) is 1.00. The van der Waals surface area contributed by atoms with Crippen LogP contribution >= 0.6 is 0 Å². The van der Waals surface area contributed by atoms with Crippen molar-refractivity contribution in [2.24, 2.45) is 0 Å². The van der Waals surface area contributed by atoms with Crippen molar-refractivity contribution in [3.05, 3.63) is 0 Å². The summed E-state index contributed by atoms with van der Waals surface area (Å²) in [6.45, 7) is 12.9. The SMILES string of the molecule is CCN(CC)CCCC(C)NCCC(C)O. The molecule has 2 unspecified atom stereocenters. The third-order valence-corrected chi connectivity index (χ3v) is 3.06. The Kier molecular flexibility index (Phi) is 9.99. The highest BCUT2D eigenvalue weighted by molar-refractivity contribution is 4.63. The zero-order chi connectivity index (χ0) is 12.4. The Hall–Kier alpha value is -0.120. The van der Waals surface area contributed by atoms with Gasteiger partial charge in [0, 0.05) is 6.04 Å². The first-order valence-electron chi connectivity index (χ1n) is 6.73. The van der Waals surface area contributed by atoms with Gasteiger partial charge in [-0.3, -0.25) is 0 Å². The van der Waals surface area contributed by atoms with Gasteiger partial charge in [-0.2, -0.15) is 0 Å². The van der Waals surface area contributed by atoms with Crippen LogP contribution in [0.3, 0.4) is 0 Å². The molecular weight excluding hydrogens is 200 g/mol. The minimum Gasteiger partial charge on any atom is -0.393 e. The van der Waals surface area contributed by atoms with E-state index in [0.29, 0.717) is 6.04 Å².